The number of rotatable bonds is 9. The van der Waals surface area contributed by atoms with E-state index in [0.29, 0.717) is 13.2 Å². The number of methoxy groups -OCH3 is 1. The van der Waals surface area contributed by atoms with Crippen molar-refractivity contribution in [2.24, 2.45) is 0 Å². The summed E-state index contributed by atoms with van der Waals surface area (Å²) in [6.07, 6.45) is 5.02. The summed E-state index contributed by atoms with van der Waals surface area (Å²) in [6.45, 7) is 3.25. The van der Waals surface area contributed by atoms with Crippen LogP contribution in [0.3, 0.4) is 0 Å². The zero-order valence-corrected chi connectivity index (χ0v) is 14.8. The van der Waals surface area contributed by atoms with E-state index in [-0.39, 0.29) is 5.91 Å². The Morgan fingerprint density at radius 1 is 1.08 bits per heavy atom. The second kappa shape index (κ2) is 10.2. The van der Waals surface area contributed by atoms with E-state index >= 15 is 0 Å². The number of aryl methyl sites for hydroxylation is 1. The number of ether oxygens (including phenoxy) is 2. The lowest BCUT2D eigenvalue weighted by atomic mass is 10.1. The van der Waals surface area contributed by atoms with Gasteiger partial charge in [-0.1, -0.05) is 36.4 Å². The number of carbonyl (C=O) groups is 1. The zero-order chi connectivity index (χ0) is 17.9. The summed E-state index contributed by atoms with van der Waals surface area (Å²) < 4.78 is 10.9. The van der Waals surface area contributed by atoms with Crippen molar-refractivity contribution in [1.29, 1.82) is 0 Å². The second-order valence-electron chi connectivity index (χ2n) is 5.51. The second-order valence-corrected chi connectivity index (χ2v) is 5.51. The molecule has 0 aliphatic heterocycles. The summed E-state index contributed by atoms with van der Waals surface area (Å²) in [7, 11) is 1.62. The van der Waals surface area contributed by atoms with Gasteiger partial charge in [0.25, 0.3) is 0 Å². The molecule has 2 aromatic carbocycles. The first-order valence-corrected chi connectivity index (χ1v) is 8.54. The number of amides is 1. The lowest BCUT2D eigenvalue weighted by Crippen LogP contribution is -2.22. The van der Waals surface area contributed by atoms with Crippen LogP contribution in [0.25, 0.3) is 6.08 Å². The molecule has 132 valence electrons. The number of carbonyl (C=O) groups excluding carboxylic acids is 1. The molecule has 0 spiro atoms. The van der Waals surface area contributed by atoms with Crippen molar-refractivity contribution in [1.82, 2.24) is 5.32 Å². The maximum absolute atomic E-state index is 11.9. The average Bonchev–Trinajstić information content (AvgIpc) is 2.65. The minimum Gasteiger partial charge on any atom is -0.496 e. The number of nitrogens with one attached hydrogen (secondary N) is 1. The number of hydrogen-bond acceptors (Lipinski definition) is 3. The quantitative estimate of drug-likeness (QED) is 0.557. The van der Waals surface area contributed by atoms with Gasteiger partial charge in [0.15, 0.2) is 0 Å². The van der Waals surface area contributed by atoms with Crippen LogP contribution in [0.4, 0.5) is 0 Å². The van der Waals surface area contributed by atoms with Crippen molar-refractivity contribution in [3.8, 4) is 11.5 Å². The molecule has 2 rings (SSSR count). The molecule has 0 saturated carbocycles. The van der Waals surface area contributed by atoms with Crippen molar-refractivity contribution in [3.05, 3.63) is 65.7 Å². The first-order valence-electron chi connectivity index (χ1n) is 8.54. The van der Waals surface area contributed by atoms with E-state index in [1.807, 2.05) is 49.4 Å². The molecular formula is C21H25NO3. The molecule has 1 amide bonds. The van der Waals surface area contributed by atoms with Gasteiger partial charge in [-0.15, -0.1) is 0 Å². The van der Waals surface area contributed by atoms with Gasteiger partial charge < -0.3 is 14.8 Å². The van der Waals surface area contributed by atoms with Crippen LogP contribution in [0, 0.1) is 0 Å². The molecule has 0 aliphatic rings. The van der Waals surface area contributed by atoms with Crippen LogP contribution in [0.2, 0.25) is 0 Å². The Bertz CT molecular complexity index is 710. The highest BCUT2D eigenvalue weighted by molar-refractivity contribution is 5.92. The first-order chi connectivity index (χ1) is 12.2. The van der Waals surface area contributed by atoms with Gasteiger partial charge >= 0.3 is 0 Å². The Hall–Kier alpha value is -2.75. The number of para-hydroxylation sites is 2. The molecule has 0 saturated heterocycles. The van der Waals surface area contributed by atoms with Crippen LogP contribution in [-0.4, -0.2) is 26.2 Å². The van der Waals surface area contributed by atoms with Crippen LogP contribution in [0.15, 0.2) is 54.6 Å². The van der Waals surface area contributed by atoms with E-state index in [9.17, 15) is 4.79 Å². The molecule has 0 fully saturated rings. The average molecular weight is 339 g/mol. The molecule has 25 heavy (non-hydrogen) atoms. The van der Waals surface area contributed by atoms with Crippen molar-refractivity contribution >= 4 is 12.0 Å². The Balaban J connectivity index is 1.78. The van der Waals surface area contributed by atoms with E-state index in [4.69, 9.17) is 9.47 Å². The summed E-state index contributed by atoms with van der Waals surface area (Å²) in [6, 6.07) is 15.6. The third kappa shape index (κ3) is 5.99. The Kier molecular flexibility index (Phi) is 7.57. The van der Waals surface area contributed by atoms with Gasteiger partial charge in [0.1, 0.15) is 11.5 Å². The van der Waals surface area contributed by atoms with Crippen molar-refractivity contribution in [2.75, 3.05) is 20.3 Å². The van der Waals surface area contributed by atoms with Gasteiger partial charge in [0.05, 0.1) is 13.7 Å². The largest absolute Gasteiger partial charge is 0.496 e. The van der Waals surface area contributed by atoms with E-state index in [2.05, 4.69) is 11.4 Å². The molecule has 1 N–H and O–H groups in total. The number of benzene rings is 2. The monoisotopic (exact) mass is 339 g/mol. The third-order valence-electron chi connectivity index (χ3n) is 3.75. The minimum absolute atomic E-state index is 0.107. The lowest BCUT2D eigenvalue weighted by molar-refractivity contribution is -0.116. The van der Waals surface area contributed by atoms with Gasteiger partial charge in [0.2, 0.25) is 5.91 Å². The maximum Gasteiger partial charge on any atom is 0.244 e. The molecule has 0 aliphatic carbocycles. The third-order valence-corrected chi connectivity index (χ3v) is 3.75. The fourth-order valence-corrected chi connectivity index (χ4v) is 2.53. The summed E-state index contributed by atoms with van der Waals surface area (Å²) in [5, 5.41) is 2.90. The standard InChI is InChI=1S/C21H25NO3/c1-3-25-20-13-7-5-9-17(20)11-8-16-22-21(23)15-14-18-10-4-6-12-19(18)24-2/h4-7,9-10,12-15H,3,8,11,16H2,1-2H3,(H,22,23)/b15-14+. The smallest absolute Gasteiger partial charge is 0.244 e. The highest BCUT2D eigenvalue weighted by atomic mass is 16.5. The molecule has 0 aromatic heterocycles. The van der Waals surface area contributed by atoms with E-state index < -0.39 is 0 Å². The van der Waals surface area contributed by atoms with Crippen molar-refractivity contribution < 1.29 is 14.3 Å². The molecule has 4 heteroatoms. The Labute approximate surface area is 149 Å². The summed E-state index contributed by atoms with van der Waals surface area (Å²) in [5.41, 5.74) is 2.05. The van der Waals surface area contributed by atoms with E-state index in [0.717, 1.165) is 29.9 Å². The summed E-state index contributed by atoms with van der Waals surface area (Å²) >= 11 is 0. The van der Waals surface area contributed by atoms with Gasteiger partial charge in [-0.05, 0) is 43.5 Å². The zero-order valence-electron chi connectivity index (χ0n) is 14.8. The predicted octanol–water partition coefficient (Wildman–Crippen LogP) is 3.86. The number of hydrogen-bond donors (Lipinski definition) is 1. The molecule has 4 nitrogen and oxygen atoms in total. The van der Waals surface area contributed by atoms with Crippen LogP contribution >= 0.6 is 0 Å². The molecule has 0 radical (unpaired) electrons. The van der Waals surface area contributed by atoms with Crippen LogP contribution < -0.4 is 14.8 Å². The molecular weight excluding hydrogens is 314 g/mol. The van der Waals surface area contributed by atoms with Crippen LogP contribution in [0.5, 0.6) is 11.5 Å². The normalized spacial score (nSPS) is 10.6. The lowest BCUT2D eigenvalue weighted by Gasteiger charge is -2.09. The fourth-order valence-electron chi connectivity index (χ4n) is 2.53. The first kappa shape index (κ1) is 18.6. The minimum atomic E-state index is -0.107. The van der Waals surface area contributed by atoms with Crippen molar-refractivity contribution in [3.63, 3.8) is 0 Å². The Morgan fingerprint density at radius 3 is 2.56 bits per heavy atom. The van der Waals surface area contributed by atoms with Gasteiger partial charge in [-0.2, -0.15) is 0 Å². The molecule has 0 atom stereocenters. The molecule has 0 heterocycles. The van der Waals surface area contributed by atoms with Gasteiger partial charge in [0, 0.05) is 18.2 Å². The summed E-state index contributed by atoms with van der Waals surface area (Å²) in [4.78, 5) is 11.9. The van der Waals surface area contributed by atoms with Crippen LogP contribution in [0.1, 0.15) is 24.5 Å². The molecule has 0 unspecified atom stereocenters. The highest BCUT2D eigenvalue weighted by Crippen LogP contribution is 2.19. The Morgan fingerprint density at radius 2 is 1.80 bits per heavy atom. The maximum atomic E-state index is 11.9. The highest BCUT2D eigenvalue weighted by Gasteiger charge is 2.03. The summed E-state index contributed by atoms with van der Waals surface area (Å²) in [5.74, 6) is 1.57. The van der Waals surface area contributed by atoms with Crippen LogP contribution in [-0.2, 0) is 11.2 Å². The fraction of sp³-hybridized carbons (Fsp3) is 0.286. The SMILES string of the molecule is CCOc1ccccc1CCCNC(=O)/C=C/c1ccccc1OC. The van der Waals surface area contributed by atoms with E-state index in [1.54, 1.807) is 13.2 Å². The predicted molar refractivity (Wildman–Crippen MR) is 101 cm³/mol. The van der Waals surface area contributed by atoms with E-state index in [1.165, 1.54) is 11.6 Å². The van der Waals surface area contributed by atoms with Crippen molar-refractivity contribution in [2.45, 2.75) is 19.8 Å². The molecule has 0 bridgehead atoms. The van der Waals surface area contributed by atoms with Gasteiger partial charge in [-0.25, -0.2) is 0 Å². The van der Waals surface area contributed by atoms with Gasteiger partial charge in [-0.3, -0.25) is 4.79 Å². The topological polar surface area (TPSA) is 47.6 Å². The molecule has 2 aromatic rings.